The molecule has 0 spiro atoms. The zero-order valence-corrected chi connectivity index (χ0v) is 4.72. The van der Waals surface area contributed by atoms with E-state index in [4.69, 9.17) is 5.11 Å². The normalized spacial score (nSPS) is 28.5. The van der Waals surface area contributed by atoms with Gasteiger partial charge in [-0.25, -0.2) is 0 Å². The lowest BCUT2D eigenvalue weighted by atomic mass is 10.2. The third-order valence-electron chi connectivity index (χ3n) is 1.28. The lowest BCUT2D eigenvalue weighted by Gasteiger charge is -1.88. The highest BCUT2D eigenvalue weighted by Gasteiger charge is 2.17. The number of allylic oxidation sites excluding steroid dienone is 1. The smallest absolute Gasteiger partial charge is 0.161 e. The summed E-state index contributed by atoms with van der Waals surface area (Å²) in [6, 6.07) is 0. The molecule has 0 aromatic rings. The van der Waals surface area contributed by atoms with Crippen molar-refractivity contribution >= 4 is 5.78 Å². The number of carbonyl (C=O) groups excluding carboxylic acids is 1. The Labute approximate surface area is 47.8 Å². The van der Waals surface area contributed by atoms with E-state index in [1.165, 1.54) is 0 Å². The molecular formula is C6H8O2. The summed E-state index contributed by atoms with van der Waals surface area (Å²) in [5, 5.41) is 8.77. The Morgan fingerprint density at radius 1 is 1.88 bits per heavy atom. The average molecular weight is 112 g/mol. The van der Waals surface area contributed by atoms with Crippen molar-refractivity contribution in [3.63, 3.8) is 0 Å². The minimum Gasteiger partial charge on any atom is -0.389 e. The first-order valence-electron chi connectivity index (χ1n) is 2.60. The van der Waals surface area contributed by atoms with Crippen LogP contribution < -0.4 is 0 Å². The van der Waals surface area contributed by atoms with Gasteiger partial charge in [0.15, 0.2) is 5.78 Å². The average Bonchev–Trinajstić information content (AvgIpc) is 1.85. The third-order valence-corrected chi connectivity index (χ3v) is 1.28. The lowest BCUT2D eigenvalue weighted by Crippen LogP contribution is -2.00. The van der Waals surface area contributed by atoms with E-state index in [0.717, 1.165) is 0 Å². The molecule has 0 aliphatic heterocycles. The summed E-state index contributed by atoms with van der Waals surface area (Å²) in [4.78, 5) is 10.6. The molecule has 0 fully saturated rings. The Bertz CT molecular complexity index is 147. The monoisotopic (exact) mass is 112 g/mol. The maximum Gasteiger partial charge on any atom is 0.161 e. The minimum absolute atomic E-state index is 0.0671. The van der Waals surface area contributed by atoms with Gasteiger partial charge in [-0.15, -0.1) is 0 Å². The molecule has 0 unspecified atom stereocenters. The molecule has 0 saturated carbocycles. The van der Waals surface area contributed by atoms with Crippen LogP contribution in [0.15, 0.2) is 11.6 Å². The second-order valence-electron chi connectivity index (χ2n) is 2.04. The molecular weight excluding hydrogens is 104 g/mol. The van der Waals surface area contributed by atoms with Crippen LogP contribution in [0.1, 0.15) is 13.3 Å². The highest BCUT2D eigenvalue weighted by Crippen LogP contribution is 2.12. The second-order valence-corrected chi connectivity index (χ2v) is 2.04. The van der Waals surface area contributed by atoms with Gasteiger partial charge in [-0.2, -0.15) is 0 Å². The van der Waals surface area contributed by atoms with Crippen molar-refractivity contribution in [2.24, 2.45) is 0 Å². The molecule has 1 aliphatic carbocycles. The largest absolute Gasteiger partial charge is 0.389 e. The molecule has 0 amide bonds. The summed E-state index contributed by atoms with van der Waals surface area (Å²) in [6.45, 7) is 1.72. The molecule has 0 heterocycles. The van der Waals surface area contributed by atoms with Crippen molar-refractivity contribution in [2.75, 3.05) is 0 Å². The van der Waals surface area contributed by atoms with Crippen LogP contribution in [0.3, 0.4) is 0 Å². The van der Waals surface area contributed by atoms with Gasteiger partial charge in [0.1, 0.15) is 0 Å². The van der Waals surface area contributed by atoms with Crippen molar-refractivity contribution in [3.8, 4) is 0 Å². The molecule has 44 valence electrons. The van der Waals surface area contributed by atoms with Crippen molar-refractivity contribution in [2.45, 2.75) is 19.4 Å². The summed E-state index contributed by atoms with van der Waals surface area (Å²) >= 11 is 0. The number of aliphatic hydroxyl groups is 1. The van der Waals surface area contributed by atoms with Crippen LogP contribution in [0.4, 0.5) is 0 Å². The van der Waals surface area contributed by atoms with E-state index < -0.39 is 6.10 Å². The quantitative estimate of drug-likeness (QED) is 0.488. The van der Waals surface area contributed by atoms with Gasteiger partial charge in [-0.05, 0) is 18.6 Å². The van der Waals surface area contributed by atoms with Crippen LogP contribution in [0.5, 0.6) is 0 Å². The summed E-state index contributed by atoms with van der Waals surface area (Å²) in [5.41, 5.74) is 0.692. The molecule has 0 bridgehead atoms. The summed E-state index contributed by atoms with van der Waals surface area (Å²) in [6.07, 6.45) is 1.36. The molecule has 8 heavy (non-hydrogen) atoms. The number of Topliss-reactive ketones (excluding diaryl/α,β-unsaturated/α-hetero) is 1. The number of hydrogen-bond donors (Lipinski definition) is 1. The maximum absolute atomic E-state index is 10.6. The van der Waals surface area contributed by atoms with Crippen LogP contribution in [-0.2, 0) is 4.79 Å². The van der Waals surface area contributed by atoms with E-state index in [2.05, 4.69) is 0 Å². The Balaban J connectivity index is 2.73. The maximum atomic E-state index is 10.6. The number of ketones is 1. The van der Waals surface area contributed by atoms with E-state index >= 15 is 0 Å². The fourth-order valence-electron chi connectivity index (χ4n) is 0.791. The molecule has 0 saturated heterocycles. The number of hydrogen-bond acceptors (Lipinski definition) is 2. The molecule has 2 nitrogen and oxygen atoms in total. The van der Waals surface area contributed by atoms with Gasteiger partial charge >= 0.3 is 0 Å². The van der Waals surface area contributed by atoms with Gasteiger partial charge in [0.2, 0.25) is 0 Å². The SMILES string of the molecule is CC1=C[C@@H](O)CC1=O. The molecule has 2 heteroatoms. The second kappa shape index (κ2) is 1.71. The Hall–Kier alpha value is -0.630. The standard InChI is InChI=1S/C6H8O2/c1-4-2-5(7)3-6(4)8/h2,5,7H,3H2,1H3/t5-/m1/s1. The fourth-order valence-corrected chi connectivity index (χ4v) is 0.791. The molecule has 1 atom stereocenters. The molecule has 1 rings (SSSR count). The summed E-state index contributed by atoms with van der Waals surface area (Å²) < 4.78 is 0. The highest BCUT2D eigenvalue weighted by molar-refractivity contribution is 5.97. The van der Waals surface area contributed by atoms with Crippen molar-refractivity contribution in [1.29, 1.82) is 0 Å². The van der Waals surface area contributed by atoms with Gasteiger partial charge in [0, 0.05) is 6.42 Å². The molecule has 0 aromatic carbocycles. The Morgan fingerprint density at radius 3 is 2.62 bits per heavy atom. The van der Waals surface area contributed by atoms with E-state index in [9.17, 15) is 4.79 Å². The Kier molecular flexibility index (Phi) is 1.18. The fraction of sp³-hybridized carbons (Fsp3) is 0.500. The van der Waals surface area contributed by atoms with Gasteiger partial charge < -0.3 is 5.11 Å². The van der Waals surface area contributed by atoms with Crippen molar-refractivity contribution in [1.82, 2.24) is 0 Å². The van der Waals surface area contributed by atoms with Crippen LogP contribution in [0, 0.1) is 0 Å². The number of aliphatic hydroxyl groups excluding tert-OH is 1. The molecule has 0 radical (unpaired) electrons. The Morgan fingerprint density at radius 2 is 2.50 bits per heavy atom. The number of carbonyl (C=O) groups is 1. The predicted octanol–water partition coefficient (Wildman–Crippen LogP) is 0.266. The molecule has 1 N–H and O–H groups in total. The first-order chi connectivity index (χ1) is 3.70. The molecule has 0 aromatic heterocycles. The van der Waals surface area contributed by atoms with Gasteiger partial charge in [0.05, 0.1) is 6.10 Å². The van der Waals surface area contributed by atoms with Gasteiger partial charge in [0.25, 0.3) is 0 Å². The topological polar surface area (TPSA) is 37.3 Å². The lowest BCUT2D eigenvalue weighted by molar-refractivity contribution is -0.115. The van der Waals surface area contributed by atoms with Crippen molar-refractivity contribution in [3.05, 3.63) is 11.6 Å². The van der Waals surface area contributed by atoms with Crippen LogP contribution in [0.25, 0.3) is 0 Å². The van der Waals surface area contributed by atoms with Crippen molar-refractivity contribution < 1.29 is 9.90 Å². The van der Waals surface area contributed by atoms with E-state index in [1.54, 1.807) is 13.0 Å². The minimum atomic E-state index is -0.512. The third kappa shape index (κ3) is 0.793. The van der Waals surface area contributed by atoms with E-state index in [-0.39, 0.29) is 12.2 Å². The number of rotatable bonds is 0. The summed E-state index contributed by atoms with van der Waals surface area (Å²) in [5.74, 6) is 0.0671. The van der Waals surface area contributed by atoms with E-state index in [1.807, 2.05) is 0 Å². The molecule has 1 aliphatic rings. The van der Waals surface area contributed by atoms with Crippen LogP contribution >= 0.6 is 0 Å². The van der Waals surface area contributed by atoms with Crippen LogP contribution in [-0.4, -0.2) is 17.0 Å². The first-order valence-corrected chi connectivity index (χ1v) is 2.60. The van der Waals surface area contributed by atoms with Gasteiger partial charge in [-0.1, -0.05) is 0 Å². The zero-order chi connectivity index (χ0) is 6.15. The van der Waals surface area contributed by atoms with Gasteiger partial charge in [-0.3, -0.25) is 4.79 Å². The highest BCUT2D eigenvalue weighted by atomic mass is 16.3. The zero-order valence-electron chi connectivity index (χ0n) is 4.72. The van der Waals surface area contributed by atoms with E-state index in [0.29, 0.717) is 5.57 Å². The summed E-state index contributed by atoms with van der Waals surface area (Å²) in [7, 11) is 0. The van der Waals surface area contributed by atoms with Crippen LogP contribution in [0.2, 0.25) is 0 Å². The predicted molar refractivity (Wildman–Crippen MR) is 29.4 cm³/mol. The first kappa shape index (κ1) is 5.51.